The molecule has 0 spiro atoms. The number of anilines is 1. The zero-order chi connectivity index (χ0) is 17.7. The van der Waals surface area contributed by atoms with Crippen LogP contribution >= 0.6 is 0 Å². The van der Waals surface area contributed by atoms with E-state index in [1.54, 1.807) is 13.1 Å². The Bertz CT molecular complexity index is 650. The lowest BCUT2D eigenvalue weighted by Gasteiger charge is -2.30. The van der Waals surface area contributed by atoms with E-state index in [9.17, 15) is 13.2 Å². The van der Waals surface area contributed by atoms with Crippen LogP contribution in [0.2, 0.25) is 0 Å². The lowest BCUT2D eigenvalue weighted by atomic mass is 9.97. The second kappa shape index (κ2) is 7.94. The maximum atomic E-state index is 12.3. The average molecular weight is 354 g/mol. The fourth-order valence-electron chi connectivity index (χ4n) is 2.70. The van der Waals surface area contributed by atoms with Crippen molar-refractivity contribution in [3.63, 3.8) is 0 Å². The second-order valence-corrected chi connectivity index (χ2v) is 8.47. The third kappa shape index (κ3) is 4.67. The summed E-state index contributed by atoms with van der Waals surface area (Å²) in [4.78, 5) is 18.5. The highest BCUT2D eigenvalue weighted by Crippen LogP contribution is 2.20. The number of pyridine rings is 1. The molecule has 24 heavy (non-hydrogen) atoms. The van der Waals surface area contributed by atoms with E-state index >= 15 is 0 Å². The van der Waals surface area contributed by atoms with Crippen LogP contribution in [0, 0.1) is 5.92 Å². The molecule has 134 valence electrons. The van der Waals surface area contributed by atoms with Crippen molar-refractivity contribution >= 4 is 21.7 Å². The third-order valence-electron chi connectivity index (χ3n) is 4.32. The molecule has 2 heterocycles. The Morgan fingerprint density at radius 1 is 1.33 bits per heavy atom. The molecule has 8 heteroatoms. The highest BCUT2D eigenvalue weighted by molar-refractivity contribution is 7.89. The quantitative estimate of drug-likeness (QED) is 0.818. The summed E-state index contributed by atoms with van der Waals surface area (Å²) < 4.78 is 25.2. The average Bonchev–Trinajstić information content (AvgIpc) is 2.60. The Morgan fingerprint density at radius 2 is 2.00 bits per heavy atom. The number of nitrogens with one attached hydrogen (secondary N) is 1. The Kier molecular flexibility index (Phi) is 6.17. The van der Waals surface area contributed by atoms with Crippen LogP contribution in [0.15, 0.2) is 18.3 Å². The van der Waals surface area contributed by atoms with Crippen LogP contribution in [-0.2, 0) is 21.4 Å². The van der Waals surface area contributed by atoms with Gasteiger partial charge in [0.1, 0.15) is 5.82 Å². The first-order chi connectivity index (χ1) is 11.3. The highest BCUT2D eigenvalue weighted by Gasteiger charge is 2.29. The van der Waals surface area contributed by atoms with E-state index in [-0.39, 0.29) is 17.6 Å². The van der Waals surface area contributed by atoms with E-state index in [4.69, 9.17) is 0 Å². The molecule has 0 saturated carbocycles. The van der Waals surface area contributed by atoms with Crippen LogP contribution in [0.25, 0.3) is 0 Å². The van der Waals surface area contributed by atoms with Crippen molar-refractivity contribution in [2.45, 2.75) is 26.3 Å². The summed E-state index contributed by atoms with van der Waals surface area (Å²) in [5.74, 6) is 0.844. The van der Waals surface area contributed by atoms with E-state index in [0.29, 0.717) is 32.5 Å². The standard InChI is InChI=1S/C16H26N4O3S/c1-4-24(22,23)20-9-7-14(8-10-20)16(21)18-12-13-5-6-15(17-11-13)19(2)3/h5-6,11,14H,4,7-10,12H2,1-3H3,(H,18,21). The van der Waals surface area contributed by atoms with Gasteiger partial charge in [-0.15, -0.1) is 0 Å². The van der Waals surface area contributed by atoms with Gasteiger partial charge in [-0.25, -0.2) is 17.7 Å². The number of hydrogen-bond donors (Lipinski definition) is 1. The smallest absolute Gasteiger partial charge is 0.223 e. The molecule has 2 rings (SSSR count). The predicted octanol–water partition coefficient (Wildman–Crippen LogP) is 0.826. The van der Waals surface area contributed by atoms with Crippen molar-refractivity contribution in [3.05, 3.63) is 23.9 Å². The van der Waals surface area contributed by atoms with Crippen molar-refractivity contribution in [1.82, 2.24) is 14.6 Å². The molecule has 0 unspecified atom stereocenters. The minimum absolute atomic E-state index is 0.0137. The van der Waals surface area contributed by atoms with Crippen molar-refractivity contribution in [1.29, 1.82) is 0 Å². The van der Waals surface area contributed by atoms with Crippen LogP contribution in [0.4, 0.5) is 5.82 Å². The summed E-state index contributed by atoms with van der Waals surface area (Å²) in [6, 6.07) is 3.86. The summed E-state index contributed by atoms with van der Waals surface area (Å²) in [5, 5.41) is 2.92. The number of aromatic nitrogens is 1. The molecule has 0 radical (unpaired) electrons. The number of nitrogens with zero attached hydrogens (tertiary/aromatic N) is 3. The largest absolute Gasteiger partial charge is 0.363 e. The first kappa shape index (κ1) is 18.7. The summed E-state index contributed by atoms with van der Waals surface area (Å²) in [7, 11) is 0.704. The lowest BCUT2D eigenvalue weighted by molar-refractivity contribution is -0.126. The molecule has 1 aromatic heterocycles. The zero-order valence-electron chi connectivity index (χ0n) is 14.5. The molecule has 1 aliphatic heterocycles. The molecule has 0 aromatic carbocycles. The summed E-state index contributed by atoms with van der Waals surface area (Å²) >= 11 is 0. The van der Waals surface area contributed by atoms with Gasteiger partial charge in [-0.2, -0.15) is 0 Å². The topological polar surface area (TPSA) is 82.6 Å². The van der Waals surface area contributed by atoms with Crippen LogP contribution in [-0.4, -0.2) is 56.6 Å². The molecule has 1 aromatic rings. The molecular weight excluding hydrogens is 328 g/mol. The third-order valence-corrected chi connectivity index (χ3v) is 6.20. The van der Waals surface area contributed by atoms with Gasteiger partial charge in [0.25, 0.3) is 0 Å². The minimum Gasteiger partial charge on any atom is -0.363 e. The second-order valence-electron chi connectivity index (χ2n) is 6.21. The SMILES string of the molecule is CCS(=O)(=O)N1CCC(C(=O)NCc2ccc(N(C)C)nc2)CC1. The predicted molar refractivity (Wildman–Crippen MR) is 94.2 cm³/mol. The molecule has 1 saturated heterocycles. The zero-order valence-corrected chi connectivity index (χ0v) is 15.3. The Balaban J connectivity index is 1.81. The molecule has 1 fully saturated rings. The van der Waals surface area contributed by atoms with Crippen molar-refractivity contribution in [2.75, 3.05) is 37.8 Å². The molecule has 0 atom stereocenters. The fraction of sp³-hybridized carbons (Fsp3) is 0.625. The summed E-state index contributed by atoms with van der Waals surface area (Å²) in [5.41, 5.74) is 0.944. The highest BCUT2D eigenvalue weighted by atomic mass is 32.2. The normalized spacial score (nSPS) is 16.8. The molecule has 1 N–H and O–H groups in total. The van der Waals surface area contributed by atoms with Crippen LogP contribution in [0.1, 0.15) is 25.3 Å². The summed E-state index contributed by atoms with van der Waals surface area (Å²) in [6.45, 7) is 2.93. The van der Waals surface area contributed by atoms with Gasteiger partial charge in [-0.3, -0.25) is 4.79 Å². The van der Waals surface area contributed by atoms with Gasteiger partial charge in [0.15, 0.2) is 0 Å². The summed E-state index contributed by atoms with van der Waals surface area (Å²) in [6.07, 6.45) is 2.90. The minimum atomic E-state index is -3.15. The number of piperidine rings is 1. The number of carbonyl (C=O) groups excluding carboxylic acids is 1. The van der Waals surface area contributed by atoms with Gasteiger partial charge in [-0.05, 0) is 31.4 Å². The first-order valence-corrected chi connectivity index (χ1v) is 9.82. The van der Waals surface area contributed by atoms with Gasteiger partial charge >= 0.3 is 0 Å². The Hall–Kier alpha value is -1.67. The molecule has 0 aliphatic carbocycles. The Morgan fingerprint density at radius 3 is 2.50 bits per heavy atom. The van der Waals surface area contributed by atoms with E-state index in [1.807, 2.05) is 31.1 Å². The van der Waals surface area contributed by atoms with Crippen LogP contribution < -0.4 is 10.2 Å². The van der Waals surface area contributed by atoms with Crippen LogP contribution in [0.3, 0.4) is 0 Å². The van der Waals surface area contributed by atoms with E-state index in [2.05, 4.69) is 10.3 Å². The maximum Gasteiger partial charge on any atom is 0.223 e. The van der Waals surface area contributed by atoms with Crippen molar-refractivity contribution in [2.24, 2.45) is 5.92 Å². The van der Waals surface area contributed by atoms with Gasteiger partial charge in [0, 0.05) is 45.8 Å². The number of carbonyl (C=O) groups is 1. The van der Waals surface area contributed by atoms with Gasteiger partial charge in [0.2, 0.25) is 15.9 Å². The molecule has 7 nitrogen and oxygen atoms in total. The first-order valence-electron chi connectivity index (χ1n) is 8.21. The van der Waals surface area contributed by atoms with E-state index in [1.165, 1.54) is 4.31 Å². The van der Waals surface area contributed by atoms with Crippen molar-refractivity contribution < 1.29 is 13.2 Å². The molecular formula is C16H26N4O3S. The van der Waals surface area contributed by atoms with E-state index < -0.39 is 10.0 Å². The maximum absolute atomic E-state index is 12.3. The fourth-order valence-corrected chi connectivity index (χ4v) is 3.83. The number of sulfonamides is 1. The van der Waals surface area contributed by atoms with E-state index in [0.717, 1.165) is 11.4 Å². The van der Waals surface area contributed by atoms with Crippen LogP contribution in [0.5, 0.6) is 0 Å². The lowest BCUT2D eigenvalue weighted by Crippen LogP contribution is -2.43. The number of amides is 1. The Labute approximate surface area is 144 Å². The molecule has 0 bridgehead atoms. The number of rotatable bonds is 6. The monoisotopic (exact) mass is 354 g/mol. The molecule has 1 amide bonds. The van der Waals surface area contributed by atoms with Crippen molar-refractivity contribution in [3.8, 4) is 0 Å². The molecule has 1 aliphatic rings. The number of hydrogen-bond acceptors (Lipinski definition) is 5. The van der Waals surface area contributed by atoms with Gasteiger partial charge < -0.3 is 10.2 Å². The van der Waals surface area contributed by atoms with Gasteiger partial charge in [-0.1, -0.05) is 6.07 Å². The van der Waals surface area contributed by atoms with Gasteiger partial charge in [0.05, 0.1) is 5.75 Å².